The van der Waals surface area contributed by atoms with Gasteiger partial charge in [-0.05, 0) is 37.3 Å². The van der Waals surface area contributed by atoms with Gasteiger partial charge >= 0.3 is 0 Å². The third-order valence-electron chi connectivity index (χ3n) is 5.39. The summed E-state index contributed by atoms with van der Waals surface area (Å²) >= 11 is 0. The van der Waals surface area contributed by atoms with Crippen LogP contribution in [0.2, 0.25) is 0 Å². The van der Waals surface area contributed by atoms with Gasteiger partial charge in [0.05, 0.1) is 12.0 Å². The molecular weight excluding hydrogens is 304 g/mol. The molecule has 2 amide bonds. The largest absolute Gasteiger partial charge is 0.376 e. The van der Waals surface area contributed by atoms with Crippen LogP contribution in [-0.4, -0.2) is 49.1 Å². The third-order valence-corrected chi connectivity index (χ3v) is 5.39. The van der Waals surface area contributed by atoms with Crippen LogP contribution in [0.15, 0.2) is 24.3 Å². The molecule has 2 atom stereocenters. The van der Waals surface area contributed by atoms with Crippen LogP contribution in [-0.2, 0) is 20.7 Å². The van der Waals surface area contributed by atoms with Crippen molar-refractivity contribution < 1.29 is 14.3 Å². The topological polar surface area (TPSA) is 49.9 Å². The Kier molecular flexibility index (Phi) is 4.27. The molecule has 2 saturated heterocycles. The Morgan fingerprint density at radius 1 is 1.25 bits per heavy atom. The van der Waals surface area contributed by atoms with E-state index in [1.54, 1.807) is 0 Å². The molecule has 1 aromatic rings. The highest BCUT2D eigenvalue weighted by molar-refractivity contribution is 5.99. The average Bonchev–Trinajstić information content (AvgIpc) is 3.24. The minimum absolute atomic E-state index is 0.0918. The number of aryl methyl sites for hydroxylation is 1. The Balaban J connectivity index is 1.45. The summed E-state index contributed by atoms with van der Waals surface area (Å²) in [5.74, 6) is -0.0236. The first-order valence-corrected chi connectivity index (χ1v) is 9.01. The molecule has 0 aromatic heterocycles. The number of amides is 2. The monoisotopic (exact) mass is 328 g/mol. The molecule has 0 spiro atoms. The van der Waals surface area contributed by atoms with Gasteiger partial charge in [-0.2, -0.15) is 0 Å². The van der Waals surface area contributed by atoms with Crippen molar-refractivity contribution in [2.75, 3.05) is 31.1 Å². The first-order chi connectivity index (χ1) is 11.7. The number of hydrogen-bond acceptors (Lipinski definition) is 3. The van der Waals surface area contributed by atoms with Crippen LogP contribution in [0.5, 0.6) is 0 Å². The third kappa shape index (κ3) is 2.93. The van der Waals surface area contributed by atoms with Gasteiger partial charge in [0.1, 0.15) is 0 Å². The number of rotatable bonds is 3. The molecule has 0 bridgehead atoms. The number of hydrogen-bond donors (Lipinski definition) is 0. The van der Waals surface area contributed by atoms with Gasteiger partial charge in [0, 0.05) is 38.3 Å². The van der Waals surface area contributed by atoms with Crippen LogP contribution in [0, 0.1) is 5.92 Å². The molecule has 24 heavy (non-hydrogen) atoms. The van der Waals surface area contributed by atoms with E-state index >= 15 is 0 Å². The predicted octanol–water partition coefficient (Wildman–Crippen LogP) is 1.99. The first kappa shape index (κ1) is 15.6. The zero-order chi connectivity index (χ0) is 16.5. The number of ether oxygens (including phenoxy) is 1. The van der Waals surface area contributed by atoms with Crippen LogP contribution < -0.4 is 4.90 Å². The van der Waals surface area contributed by atoms with Crippen molar-refractivity contribution in [2.24, 2.45) is 5.92 Å². The van der Waals surface area contributed by atoms with Crippen molar-refractivity contribution in [1.29, 1.82) is 0 Å². The molecule has 128 valence electrons. The van der Waals surface area contributed by atoms with Crippen molar-refractivity contribution in [1.82, 2.24) is 4.90 Å². The fourth-order valence-electron chi connectivity index (χ4n) is 4.13. The van der Waals surface area contributed by atoms with E-state index in [-0.39, 0.29) is 23.8 Å². The number of carbonyl (C=O) groups excluding carboxylic acids is 2. The van der Waals surface area contributed by atoms with Crippen LogP contribution >= 0.6 is 0 Å². The van der Waals surface area contributed by atoms with Gasteiger partial charge in [-0.25, -0.2) is 0 Å². The molecule has 3 aliphatic heterocycles. The van der Waals surface area contributed by atoms with Crippen LogP contribution in [0.1, 0.15) is 31.2 Å². The normalized spacial score (nSPS) is 26.8. The predicted molar refractivity (Wildman–Crippen MR) is 90.8 cm³/mol. The minimum Gasteiger partial charge on any atom is -0.376 e. The van der Waals surface area contributed by atoms with E-state index in [1.165, 1.54) is 5.56 Å². The Hall–Kier alpha value is -1.88. The molecule has 2 unspecified atom stereocenters. The van der Waals surface area contributed by atoms with E-state index in [1.807, 2.05) is 28.0 Å². The molecular formula is C19H24N2O3. The summed E-state index contributed by atoms with van der Waals surface area (Å²) in [5, 5.41) is 0. The van der Waals surface area contributed by atoms with Gasteiger partial charge in [-0.1, -0.05) is 18.2 Å². The molecule has 0 saturated carbocycles. The lowest BCUT2D eigenvalue weighted by atomic mass is 9.99. The van der Waals surface area contributed by atoms with Gasteiger partial charge in [-0.3, -0.25) is 9.59 Å². The molecule has 5 heteroatoms. The summed E-state index contributed by atoms with van der Waals surface area (Å²) in [4.78, 5) is 29.0. The molecule has 3 heterocycles. The van der Waals surface area contributed by atoms with Gasteiger partial charge in [0.25, 0.3) is 0 Å². The maximum atomic E-state index is 13.0. The van der Waals surface area contributed by atoms with Crippen molar-refractivity contribution >= 4 is 17.5 Å². The Bertz CT molecular complexity index is 639. The summed E-state index contributed by atoms with van der Waals surface area (Å²) in [6.07, 6.45) is 4.59. The maximum Gasteiger partial charge on any atom is 0.232 e. The summed E-state index contributed by atoms with van der Waals surface area (Å²) in [6, 6.07) is 8.12. The van der Waals surface area contributed by atoms with Crippen molar-refractivity contribution in [3.8, 4) is 0 Å². The van der Waals surface area contributed by atoms with E-state index in [0.29, 0.717) is 19.5 Å². The average molecular weight is 328 g/mol. The van der Waals surface area contributed by atoms with Crippen molar-refractivity contribution in [2.45, 2.75) is 38.2 Å². The smallest absolute Gasteiger partial charge is 0.232 e. The number of benzene rings is 1. The standard InChI is InChI=1S/C19H24N2O3/c22-18-11-15(12-20(18)13-16-7-4-10-24-16)19(23)21-9-3-6-14-5-1-2-8-17(14)21/h1-2,5,8,15-16H,3-4,6-7,9-13H2. The zero-order valence-electron chi connectivity index (χ0n) is 13.9. The van der Waals surface area contributed by atoms with Gasteiger partial charge < -0.3 is 14.5 Å². The summed E-state index contributed by atoms with van der Waals surface area (Å²) < 4.78 is 5.63. The molecule has 3 aliphatic rings. The highest BCUT2D eigenvalue weighted by Crippen LogP contribution is 2.30. The summed E-state index contributed by atoms with van der Waals surface area (Å²) in [6.45, 7) is 2.72. The summed E-state index contributed by atoms with van der Waals surface area (Å²) in [7, 11) is 0. The molecule has 0 N–H and O–H groups in total. The Labute approximate surface area is 142 Å². The minimum atomic E-state index is -0.218. The fraction of sp³-hybridized carbons (Fsp3) is 0.579. The number of nitrogens with zero attached hydrogens (tertiary/aromatic N) is 2. The van der Waals surface area contributed by atoms with Crippen molar-refractivity contribution in [3.05, 3.63) is 29.8 Å². The lowest BCUT2D eigenvalue weighted by Crippen LogP contribution is -2.41. The van der Waals surface area contributed by atoms with Crippen LogP contribution in [0.4, 0.5) is 5.69 Å². The van der Waals surface area contributed by atoms with Gasteiger partial charge in [-0.15, -0.1) is 0 Å². The van der Waals surface area contributed by atoms with E-state index in [9.17, 15) is 9.59 Å². The molecule has 1 aromatic carbocycles. The quantitative estimate of drug-likeness (QED) is 0.853. The lowest BCUT2D eigenvalue weighted by molar-refractivity contribution is -0.129. The fourth-order valence-corrected chi connectivity index (χ4v) is 4.13. The van der Waals surface area contributed by atoms with E-state index < -0.39 is 0 Å². The van der Waals surface area contributed by atoms with Gasteiger partial charge in [0.2, 0.25) is 11.8 Å². The van der Waals surface area contributed by atoms with E-state index in [0.717, 1.165) is 44.5 Å². The number of likely N-dealkylation sites (tertiary alicyclic amines) is 1. The molecule has 2 fully saturated rings. The zero-order valence-corrected chi connectivity index (χ0v) is 13.9. The SMILES string of the molecule is O=C1CC(C(=O)N2CCCc3ccccc32)CN1CC1CCCO1. The van der Waals surface area contributed by atoms with Crippen LogP contribution in [0.3, 0.4) is 0 Å². The molecule has 4 rings (SSSR count). The maximum absolute atomic E-state index is 13.0. The Morgan fingerprint density at radius 2 is 2.12 bits per heavy atom. The highest BCUT2D eigenvalue weighted by atomic mass is 16.5. The van der Waals surface area contributed by atoms with E-state index in [4.69, 9.17) is 4.74 Å². The molecule has 5 nitrogen and oxygen atoms in total. The second-order valence-electron chi connectivity index (χ2n) is 7.06. The second-order valence-corrected chi connectivity index (χ2v) is 7.06. The molecule has 0 radical (unpaired) electrons. The van der Waals surface area contributed by atoms with E-state index in [2.05, 4.69) is 6.07 Å². The number of para-hydroxylation sites is 1. The first-order valence-electron chi connectivity index (χ1n) is 9.01. The van der Waals surface area contributed by atoms with Crippen molar-refractivity contribution in [3.63, 3.8) is 0 Å². The Morgan fingerprint density at radius 3 is 2.96 bits per heavy atom. The van der Waals surface area contributed by atoms with Crippen LogP contribution in [0.25, 0.3) is 0 Å². The van der Waals surface area contributed by atoms with Gasteiger partial charge in [0.15, 0.2) is 0 Å². The number of fused-ring (bicyclic) bond motifs is 1. The number of anilines is 1. The highest BCUT2D eigenvalue weighted by Gasteiger charge is 2.38. The lowest BCUT2D eigenvalue weighted by Gasteiger charge is -2.31. The summed E-state index contributed by atoms with van der Waals surface area (Å²) in [5.41, 5.74) is 2.26. The second kappa shape index (κ2) is 6.55. The number of carbonyl (C=O) groups is 2. The molecule has 0 aliphatic carbocycles.